The van der Waals surface area contributed by atoms with Gasteiger partial charge in [-0.15, -0.1) is 0 Å². The quantitative estimate of drug-likeness (QED) is 0.398. The van der Waals surface area contributed by atoms with Gasteiger partial charge in [0.1, 0.15) is 11.0 Å². The SMILES string of the molecule is OB(O)C1=c2oc3c(-c4nc(-c5ccccc5)cc(-c5ccccc5)n4)cccc3c2=CC=CC1. The lowest BCUT2D eigenvalue weighted by atomic mass is 9.77. The third-order valence-corrected chi connectivity index (χ3v) is 6.20. The fourth-order valence-electron chi connectivity index (χ4n) is 4.47. The number of aromatic nitrogens is 2. The second kappa shape index (κ2) is 8.83. The highest BCUT2D eigenvalue weighted by Gasteiger charge is 2.21. The molecule has 5 aromatic rings. The minimum atomic E-state index is -1.60. The molecule has 0 spiro atoms. The summed E-state index contributed by atoms with van der Waals surface area (Å²) in [5, 5.41) is 21.6. The first-order valence-electron chi connectivity index (χ1n) is 11.5. The van der Waals surface area contributed by atoms with E-state index in [1.165, 1.54) is 0 Å². The number of para-hydroxylation sites is 1. The molecule has 1 aliphatic rings. The van der Waals surface area contributed by atoms with Gasteiger partial charge in [-0.3, -0.25) is 0 Å². The number of hydrogen-bond donors (Lipinski definition) is 2. The smallest absolute Gasteiger partial charge is 0.456 e. The minimum Gasteiger partial charge on any atom is -0.456 e. The molecule has 0 atom stereocenters. The van der Waals surface area contributed by atoms with Crippen molar-refractivity contribution < 1.29 is 14.5 Å². The van der Waals surface area contributed by atoms with Crippen LogP contribution in [0.5, 0.6) is 0 Å². The van der Waals surface area contributed by atoms with Crippen LogP contribution >= 0.6 is 0 Å². The van der Waals surface area contributed by atoms with Gasteiger partial charge < -0.3 is 14.5 Å². The van der Waals surface area contributed by atoms with Crippen LogP contribution in [0.15, 0.2) is 101 Å². The van der Waals surface area contributed by atoms with Gasteiger partial charge in [-0.2, -0.15) is 0 Å². The van der Waals surface area contributed by atoms with E-state index in [0.29, 0.717) is 28.7 Å². The summed E-state index contributed by atoms with van der Waals surface area (Å²) in [6.45, 7) is 0. The van der Waals surface area contributed by atoms with E-state index in [4.69, 9.17) is 14.4 Å². The highest BCUT2D eigenvalue weighted by Crippen LogP contribution is 2.30. The van der Waals surface area contributed by atoms with Crippen molar-refractivity contribution in [3.8, 4) is 33.9 Å². The van der Waals surface area contributed by atoms with Gasteiger partial charge >= 0.3 is 7.12 Å². The van der Waals surface area contributed by atoms with E-state index in [1.807, 2.05) is 103 Å². The molecule has 0 unspecified atom stereocenters. The Bertz CT molecular complexity index is 1630. The maximum absolute atomic E-state index is 9.97. The number of nitrogens with zero attached hydrogens (tertiary/aromatic N) is 2. The number of furan rings is 1. The predicted octanol–water partition coefficient (Wildman–Crippen LogP) is 4.13. The van der Waals surface area contributed by atoms with Crippen molar-refractivity contribution in [2.75, 3.05) is 0 Å². The summed E-state index contributed by atoms with van der Waals surface area (Å²) in [7, 11) is -1.60. The molecule has 2 heterocycles. The Balaban J connectivity index is 1.65. The van der Waals surface area contributed by atoms with Crippen molar-refractivity contribution in [3.05, 3.63) is 108 Å². The Kier molecular flexibility index (Phi) is 5.37. The van der Waals surface area contributed by atoms with Gasteiger partial charge in [0, 0.05) is 27.2 Å². The Morgan fingerprint density at radius 3 is 2.06 bits per heavy atom. The number of allylic oxidation sites excluding steroid dienone is 2. The molecule has 6 rings (SSSR count). The van der Waals surface area contributed by atoms with E-state index in [0.717, 1.165) is 38.7 Å². The molecule has 0 radical (unpaired) electrons. The molecule has 0 aliphatic heterocycles. The Labute approximate surface area is 202 Å². The molecular formula is C29H21BN2O3. The van der Waals surface area contributed by atoms with E-state index < -0.39 is 7.12 Å². The third kappa shape index (κ3) is 3.89. The van der Waals surface area contributed by atoms with Crippen LogP contribution in [0.4, 0.5) is 0 Å². The summed E-state index contributed by atoms with van der Waals surface area (Å²) in [4.78, 5) is 9.86. The van der Waals surface area contributed by atoms with Gasteiger partial charge in [0.05, 0.1) is 17.0 Å². The molecule has 0 saturated heterocycles. The fraction of sp³-hybridized carbons (Fsp3) is 0.0345. The molecule has 0 amide bonds. The van der Waals surface area contributed by atoms with Crippen molar-refractivity contribution in [2.45, 2.75) is 6.42 Å². The molecule has 1 aliphatic carbocycles. The summed E-state index contributed by atoms with van der Waals surface area (Å²) in [5.74, 6) is 0.543. The van der Waals surface area contributed by atoms with Gasteiger partial charge in [-0.25, -0.2) is 9.97 Å². The normalized spacial score (nSPS) is 12.8. The molecule has 168 valence electrons. The number of benzene rings is 3. The maximum atomic E-state index is 9.97. The average molecular weight is 456 g/mol. The highest BCUT2D eigenvalue weighted by atomic mass is 16.4. The first-order chi connectivity index (χ1) is 17.2. The topological polar surface area (TPSA) is 79.4 Å². The van der Waals surface area contributed by atoms with Crippen LogP contribution in [-0.4, -0.2) is 27.1 Å². The molecule has 6 heteroatoms. The van der Waals surface area contributed by atoms with Gasteiger partial charge in [-0.05, 0) is 18.6 Å². The van der Waals surface area contributed by atoms with E-state index >= 15 is 0 Å². The van der Waals surface area contributed by atoms with Crippen LogP contribution in [0.25, 0.3) is 56.4 Å². The first-order valence-corrected chi connectivity index (χ1v) is 11.5. The lowest BCUT2D eigenvalue weighted by Gasteiger charge is -2.09. The summed E-state index contributed by atoms with van der Waals surface area (Å²) in [6.07, 6.45) is 6.14. The monoisotopic (exact) mass is 456 g/mol. The zero-order valence-electron chi connectivity index (χ0n) is 18.8. The molecule has 0 bridgehead atoms. The van der Waals surface area contributed by atoms with Crippen LogP contribution in [0.3, 0.4) is 0 Å². The third-order valence-electron chi connectivity index (χ3n) is 6.20. The first kappa shape index (κ1) is 21.3. The lowest BCUT2D eigenvalue weighted by Crippen LogP contribution is -2.29. The Morgan fingerprint density at radius 1 is 0.771 bits per heavy atom. The number of rotatable bonds is 4. The van der Waals surface area contributed by atoms with Crippen molar-refractivity contribution in [1.29, 1.82) is 0 Å². The van der Waals surface area contributed by atoms with Crippen molar-refractivity contribution in [2.24, 2.45) is 0 Å². The zero-order chi connectivity index (χ0) is 23.8. The van der Waals surface area contributed by atoms with Crippen LogP contribution in [0.1, 0.15) is 6.42 Å². The molecule has 2 aromatic heterocycles. The Hall–Kier alpha value is -4.26. The Morgan fingerprint density at radius 2 is 1.43 bits per heavy atom. The predicted molar refractivity (Wildman–Crippen MR) is 139 cm³/mol. The van der Waals surface area contributed by atoms with E-state index in [1.54, 1.807) is 0 Å². The van der Waals surface area contributed by atoms with Gasteiger partial charge in [0.25, 0.3) is 0 Å². The maximum Gasteiger partial charge on any atom is 0.488 e. The van der Waals surface area contributed by atoms with Crippen LogP contribution in [-0.2, 0) is 0 Å². The van der Waals surface area contributed by atoms with E-state index in [-0.39, 0.29) is 0 Å². The summed E-state index contributed by atoms with van der Waals surface area (Å²) < 4.78 is 6.31. The van der Waals surface area contributed by atoms with Gasteiger partial charge in [0.2, 0.25) is 0 Å². The average Bonchev–Trinajstić information content (AvgIpc) is 3.13. The van der Waals surface area contributed by atoms with Crippen LogP contribution in [0, 0.1) is 0 Å². The van der Waals surface area contributed by atoms with Crippen molar-refractivity contribution >= 4 is 29.6 Å². The largest absolute Gasteiger partial charge is 0.488 e. The second-order valence-electron chi connectivity index (χ2n) is 8.42. The van der Waals surface area contributed by atoms with Crippen molar-refractivity contribution in [1.82, 2.24) is 9.97 Å². The second-order valence-corrected chi connectivity index (χ2v) is 8.42. The molecule has 3 aromatic carbocycles. The van der Waals surface area contributed by atoms with Crippen molar-refractivity contribution in [3.63, 3.8) is 0 Å². The number of hydrogen-bond acceptors (Lipinski definition) is 5. The molecule has 35 heavy (non-hydrogen) atoms. The lowest BCUT2D eigenvalue weighted by molar-refractivity contribution is 0.423. The van der Waals surface area contributed by atoms with E-state index in [9.17, 15) is 10.0 Å². The van der Waals surface area contributed by atoms with Gasteiger partial charge in [0.15, 0.2) is 5.82 Å². The minimum absolute atomic E-state index is 0.397. The van der Waals surface area contributed by atoms with Crippen LogP contribution < -0.4 is 10.6 Å². The molecule has 2 N–H and O–H groups in total. The molecule has 0 fully saturated rings. The van der Waals surface area contributed by atoms with Crippen LogP contribution in [0.2, 0.25) is 0 Å². The molecular weight excluding hydrogens is 435 g/mol. The summed E-state index contributed by atoms with van der Waals surface area (Å²) >= 11 is 0. The summed E-state index contributed by atoms with van der Waals surface area (Å²) in [6, 6.07) is 27.9. The molecule has 0 saturated carbocycles. The zero-order valence-corrected chi connectivity index (χ0v) is 18.8. The fourth-order valence-corrected chi connectivity index (χ4v) is 4.47. The highest BCUT2D eigenvalue weighted by molar-refractivity contribution is 6.63. The number of fused-ring (bicyclic) bond motifs is 3. The molecule has 5 nitrogen and oxygen atoms in total. The van der Waals surface area contributed by atoms with E-state index in [2.05, 4.69) is 0 Å². The van der Waals surface area contributed by atoms with Gasteiger partial charge in [-0.1, -0.05) is 91.0 Å². The summed E-state index contributed by atoms with van der Waals surface area (Å²) in [5.41, 5.74) is 5.88. The standard InChI is InChI=1S/C29H21BN2O3/c33-30(34)24-17-8-7-14-22-21-15-9-16-23(27(21)35-28(22)24)29-31-25(19-10-3-1-4-11-19)18-26(32-29)20-12-5-2-6-13-20/h1-16,18,33-34H,17H2.